The van der Waals surface area contributed by atoms with E-state index in [0.717, 1.165) is 5.56 Å². The molecule has 0 fully saturated rings. The summed E-state index contributed by atoms with van der Waals surface area (Å²) in [7, 11) is 0. The van der Waals surface area contributed by atoms with Crippen molar-refractivity contribution in [2.45, 2.75) is 13.0 Å². The van der Waals surface area contributed by atoms with Gasteiger partial charge in [0.2, 0.25) is 0 Å². The summed E-state index contributed by atoms with van der Waals surface area (Å²) in [5.74, 6) is 0. The molecular weight excluding hydrogens is 238 g/mol. The van der Waals surface area contributed by atoms with Crippen LogP contribution in [0.1, 0.15) is 18.5 Å². The van der Waals surface area contributed by atoms with Gasteiger partial charge in [0, 0.05) is 24.7 Å². The highest BCUT2D eigenvalue weighted by Crippen LogP contribution is 2.18. The van der Waals surface area contributed by atoms with Crippen LogP contribution in [-0.2, 0) is 4.74 Å². The minimum atomic E-state index is -0.820. The van der Waals surface area contributed by atoms with Crippen molar-refractivity contribution in [1.82, 2.24) is 5.32 Å². The second kappa shape index (κ2) is 6.55. The second-order valence-electron chi connectivity index (χ2n) is 3.70. The Labute approximate surface area is 104 Å². The number of nitrogens with two attached hydrogens (primary N) is 1. The number of carbonyl (C=O) groups excluding carboxylic acids is 1. The lowest BCUT2D eigenvalue weighted by Gasteiger charge is -2.13. The van der Waals surface area contributed by atoms with Gasteiger partial charge in [-0.15, -0.1) is 0 Å². The van der Waals surface area contributed by atoms with Crippen LogP contribution in [0, 0.1) is 10.1 Å². The molecule has 0 saturated carbocycles. The molecule has 0 aliphatic carbocycles. The number of ether oxygens (including phenoxy) is 1. The molecule has 1 aromatic carbocycles. The molecule has 3 N–H and O–H groups in total. The largest absolute Gasteiger partial charge is 0.448 e. The van der Waals surface area contributed by atoms with E-state index in [-0.39, 0.29) is 18.3 Å². The SMILES string of the molecule is CC(NCCOC(N)=O)c1cccc([N+](=O)[O-])c1. The molecule has 1 aromatic rings. The number of hydrogen-bond donors (Lipinski definition) is 2. The van der Waals surface area contributed by atoms with Gasteiger partial charge in [0.15, 0.2) is 0 Å². The molecule has 18 heavy (non-hydrogen) atoms. The van der Waals surface area contributed by atoms with Gasteiger partial charge in [-0.05, 0) is 12.5 Å². The summed E-state index contributed by atoms with van der Waals surface area (Å²) in [6, 6.07) is 6.28. The number of rotatable bonds is 6. The molecule has 0 aliphatic rings. The van der Waals surface area contributed by atoms with Crippen molar-refractivity contribution in [2.75, 3.05) is 13.2 Å². The fourth-order valence-electron chi connectivity index (χ4n) is 1.45. The first-order valence-corrected chi connectivity index (χ1v) is 5.40. The molecule has 0 saturated heterocycles. The van der Waals surface area contributed by atoms with Crippen LogP contribution < -0.4 is 11.1 Å². The lowest BCUT2D eigenvalue weighted by Crippen LogP contribution is -2.25. The van der Waals surface area contributed by atoms with Gasteiger partial charge in [-0.2, -0.15) is 0 Å². The predicted octanol–water partition coefficient (Wildman–Crippen LogP) is 1.34. The minimum Gasteiger partial charge on any atom is -0.448 e. The Bertz CT molecular complexity index is 436. The van der Waals surface area contributed by atoms with Crippen molar-refractivity contribution >= 4 is 11.8 Å². The second-order valence-corrected chi connectivity index (χ2v) is 3.70. The molecule has 0 radical (unpaired) electrons. The first-order chi connectivity index (χ1) is 8.50. The molecule has 98 valence electrons. The highest BCUT2D eigenvalue weighted by atomic mass is 16.6. The molecule has 7 nitrogen and oxygen atoms in total. The van der Waals surface area contributed by atoms with Crippen molar-refractivity contribution in [2.24, 2.45) is 5.73 Å². The molecule has 0 heterocycles. The minimum absolute atomic E-state index is 0.0505. The molecule has 1 atom stereocenters. The number of amides is 1. The molecular formula is C11H15N3O4. The zero-order valence-electron chi connectivity index (χ0n) is 9.96. The summed E-state index contributed by atoms with van der Waals surface area (Å²) >= 11 is 0. The Kier molecular flexibility index (Phi) is 5.06. The van der Waals surface area contributed by atoms with E-state index in [1.54, 1.807) is 12.1 Å². The van der Waals surface area contributed by atoms with E-state index in [4.69, 9.17) is 5.73 Å². The summed E-state index contributed by atoms with van der Waals surface area (Å²) in [6.07, 6.45) is -0.820. The number of primary amides is 1. The average Bonchev–Trinajstić information content (AvgIpc) is 2.34. The Morgan fingerprint density at radius 2 is 2.33 bits per heavy atom. The summed E-state index contributed by atoms with van der Waals surface area (Å²) in [4.78, 5) is 20.5. The highest BCUT2D eigenvalue weighted by molar-refractivity contribution is 5.64. The van der Waals surface area contributed by atoms with Gasteiger partial charge in [0.1, 0.15) is 6.61 Å². The smallest absolute Gasteiger partial charge is 0.404 e. The Balaban J connectivity index is 2.50. The van der Waals surface area contributed by atoms with Crippen LogP contribution in [0.2, 0.25) is 0 Å². The molecule has 7 heteroatoms. The Morgan fingerprint density at radius 1 is 1.61 bits per heavy atom. The van der Waals surface area contributed by atoms with Gasteiger partial charge >= 0.3 is 6.09 Å². The zero-order valence-corrected chi connectivity index (χ0v) is 9.96. The van der Waals surface area contributed by atoms with Gasteiger partial charge in [0.05, 0.1) is 4.92 Å². The number of nitro benzene ring substituents is 1. The molecule has 0 bridgehead atoms. The van der Waals surface area contributed by atoms with Crippen LogP contribution in [0.5, 0.6) is 0 Å². The first kappa shape index (κ1) is 13.9. The van der Waals surface area contributed by atoms with E-state index in [0.29, 0.717) is 6.54 Å². The number of carbonyl (C=O) groups is 1. The fourth-order valence-corrected chi connectivity index (χ4v) is 1.45. The van der Waals surface area contributed by atoms with Gasteiger partial charge in [-0.3, -0.25) is 10.1 Å². The number of hydrogen-bond acceptors (Lipinski definition) is 5. The van der Waals surface area contributed by atoms with E-state index in [9.17, 15) is 14.9 Å². The summed E-state index contributed by atoms with van der Waals surface area (Å²) < 4.78 is 4.56. The monoisotopic (exact) mass is 253 g/mol. The van der Waals surface area contributed by atoms with E-state index >= 15 is 0 Å². The lowest BCUT2D eigenvalue weighted by molar-refractivity contribution is -0.384. The summed E-state index contributed by atoms with van der Waals surface area (Å²) in [5.41, 5.74) is 5.65. The van der Waals surface area contributed by atoms with Crippen molar-refractivity contribution in [3.8, 4) is 0 Å². The number of nitrogens with zero attached hydrogens (tertiary/aromatic N) is 1. The van der Waals surface area contributed by atoms with E-state index in [2.05, 4.69) is 10.1 Å². The maximum absolute atomic E-state index is 10.6. The fraction of sp³-hybridized carbons (Fsp3) is 0.364. The Morgan fingerprint density at radius 3 is 2.94 bits per heavy atom. The van der Waals surface area contributed by atoms with Crippen LogP contribution in [0.4, 0.5) is 10.5 Å². The van der Waals surface area contributed by atoms with E-state index in [1.165, 1.54) is 12.1 Å². The van der Waals surface area contributed by atoms with Crippen LogP contribution in [0.25, 0.3) is 0 Å². The quantitative estimate of drug-likeness (QED) is 0.452. The molecule has 1 unspecified atom stereocenters. The highest BCUT2D eigenvalue weighted by Gasteiger charge is 2.10. The van der Waals surface area contributed by atoms with Crippen LogP contribution in [-0.4, -0.2) is 24.2 Å². The first-order valence-electron chi connectivity index (χ1n) is 5.40. The maximum atomic E-state index is 10.6. The molecule has 1 amide bonds. The normalized spacial score (nSPS) is 11.8. The molecule has 0 aromatic heterocycles. The number of nitro groups is 1. The number of nitrogens with one attached hydrogen (secondary N) is 1. The number of benzene rings is 1. The van der Waals surface area contributed by atoms with Crippen LogP contribution in [0.3, 0.4) is 0 Å². The third kappa shape index (κ3) is 4.38. The maximum Gasteiger partial charge on any atom is 0.404 e. The predicted molar refractivity (Wildman–Crippen MR) is 65.0 cm³/mol. The van der Waals surface area contributed by atoms with Crippen molar-refractivity contribution in [1.29, 1.82) is 0 Å². The number of non-ortho nitro benzene ring substituents is 1. The van der Waals surface area contributed by atoms with E-state index in [1.807, 2.05) is 6.92 Å². The van der Waals surface area contributed by atoms with E-state index < -0.39 is 11.0 Å². The molecule has 1 rings (SSSR count). The summed E-state index contributed by atoms with van der Waals surface area (Å²) in [5, 5.41) is 13.7. The van der Waals surface area contributed by atoms with Crippen molar-refractivity contribution < 1.29 is 14.5 Å². The molecule has 0 aliphatic heterocycles. The van der Waals surface area contributed by atoms with Gasteiger partial charge in [-0.1, -0.05) is 12.1 Å². The summed E-state index contributed by atoms with van der Waals surface area (Å²) in [6.45, 7) is 2.45. The van der Waals surface area contributed by atoms with Gasteiger partial charge in [-0.25, -0.2) is 4.79 Å². The van der Waals surface area contributed by atoms with Gasteiger partial charge in [0.25, 0.3) is 5.69 Å². The van der Waals surface area contributed by atoms with Crippen LogP contribution in [0.15, 0.2) is 24.3 Å². The topological polar surface area (TPSA) is 107 Å². The standard InChI is InChI=1S/C11H15N3O4/c1-8(13-5-6-18-11(12)15)9-3-2-4-10(7-9)14(16)17/h2-4,7-8,13H,5-6H2,1H3,(H2,12,15). The average molecular weight is 253 g/mol. The lowest BCUT2D eigenvalue weighted by atomic mass is 10.1. The zero-order chi connectivity index (χ0) is 13.5. The van der Waals surface area contributed by atoms with Crippen LogP contribution >= 0.6 is 0 Å². The third-order valence-corrected chi connectivity index (χ3v) is 2.38. The third-order valence-electron chi connectivity index (χ3n) is 2.38. The molecule has 0 spiro atoms. The van der Waals surface area contributed by atoms with Gasteiger partial charge < -0.3 is 15.8 Å². The van der Waals surface area contributed by atoms with Crippen molar-refractivity contribution in [3.63, 3.8) is 0 Å². The Hall–Kier alpha value is -2.15. The van der Waals surface area contributed by atoms with Crippen molar-refractivity contribution in [3.05, 3.63) is 39.9 Å².